The Hall–Kier alpha value is -1.97. The fourth-order valence-corrected chi connectivity index (χ4v) is 2.54. The highest BCUT2D eigenvalue weighted by Gasteiger charge is 2.13. The summed E-state index contributed by atoms with van der Waals surface area (Å²) in [5.41, 5.74) is 2.23. The van der Waals surface area contributed by atoms with Crippen molar-refractivity contribution < 1.29 is 9.50 Å². The Morgan fingerprint density at radius 2 is 2.00 bits per heavy atom. The van der Waals surface area contributed by atoms with Gasteiger partial charge in [0.25, 0.3) is 0 Å². The van der Waals surface area contributed by atoms with E-state index >= 15 is 0 Å². The second kappa shape index (κ2) is 5.80. The van der Waals surface area contributed by atoms with Crippen molar-refractivity contribution in [3.05, 3.63) is 76.7 Å². The monoisotopic (exact) mass is 301 g/mol. The van der Waals surface area contributed by atoms with Crippen molar-refractivity contribution in [2.75, 3.05) is 0 Å². The van der Waals surface area contributed by atoms with E-state index in [-0.39, 0.29) is 11.4 Å². The van der Waals surface area contributed by atoms with E-state index in [1.165, 1.54) is 6.07 Å². The molecule has 1 heterocycles. The predicted molar refractivity (Wildman–Crippen MR) is 81.8 cm³/mol. The summed E-state index contributed by atoms with van der Waals surface area (Å²) in [6.45, 7) is 0. The molecule has 0 saturated heterocycles. The standard InChI is InChI=1S/C17H13ClFNO/c18-17-13(3-1-5-14(17)19)10-16(21)12-6-7-15-11(9-12)4-2-8-20-15/h1-9,16,21H,10H2. The molecular weight excluding hydrogens is 289 g/mol. The lowest BCUT2D eigenvalue weighted by Gasteiger charge is -2.13. The van der Waals surface area contributed by atoms with Gasteiger partial charge >= 0.3 is 0 Å². The molecular formula is C17H13ClFNO. The number of nitrogens with zero attached hydrogens (tertiary/aromatic N) is 1. The number of benzene rings is 2. The lowest BCUT2D eigenvalue weighted by atomic mass is 10.00. The molecule has 1 aromatic heterocycles. The average molecular weight is 302 g/mol. The first-order valence-electron chi connectivity index (χ1n) is 6.61. The van der Waals surface area contributed by atoms with Gasteiger partial charge in [-0.05, 0) is 35.4 Å². The van der Waals surface area contributed by atoms with E-state index in [1.807, 2.05) is 30.3 Å². The van der Waals surface area contributed by atoms with Gasteiger partial charge < -0.3 is 5.11 Å². The Bertz CT molecular complexity index is 791. The minimum atomic E-state index is -0.742. The molecule has 3 rings (SSSR count). The van der Waals surface area contributed by atoms with Crippen LogP contribution in [0.4, 0.5) is 4.39 Å². The lowest BCUT2D eigenvalue weighted by Crippen LogP contribution is -2.03. The van der Waals surface area contributed by atoms with Crippen LogP contribution in [-0.4, -0.2) is 10.1 Å². The minimum absolute atomic E-state index is 0.0685. The van der Waals surface area contributed by atoms with Crippen molar-refractivity contribution in [1.82, 2.24) is 4.98 Å². The van der Waals surface area contributed by atoms with Gasteiger partial charge in [-0.3, -0.25) is 4.98 Å². The van der Waals surface area contributed by atoms with Crippen molar-refractivity contribution in [3.63, 3.8) is 0 Å². The molecule has 2 nitrogen and oxygen atoms in total. The largest absolute Gasteiger partial charge is 0.388 e. The first kappa shape index (κ1) is 14.0. The van der Waals surface area contributed by atoms with Gasteiger partial charge in [0.15, 0.2) is 0 Å². The summed E-state index contributed by atoms with van der Waals surface area (Å²) in [6, 6.07) is 14.0. The topological polar surface area (TPSA) is 33.1 Å². The third-order valence-electron chi connectivity index (χ3n) is 3.46. The fraction of sp³-hybridized carbons (Fsp3) is 0.118. The maximum Gasteiger partial charge on any atom is 0.142 e. The summed E-state index contributed by atoms with van der Waals surface area (Å²) in [5, 5.41) is 11.4. The van der Waals surface area contributed by atoms with Gasteiger partial charge in [-0.25, -0.2) is 4.39 Å². The van der Waals surface area contributed by atoms with E-state index in [4.69, 9.17) is 11.6 Å². The molecule has 3 aromatic rings. The first-order chi connectivity index (χ1) is 10.1. The average Bonchev–Trinajstić information content (AvgIpc) is 2.51. The minimum Gasteiger partial charge on any atom is -0.388 e. The van der Waals surface area contributed by atoms with Crippen LogP contribution in [0.15, 0.2) is 54.7 Å². The summed E-state index contributed by atoms with van der Waals surface area (Å²) >= 11 is 5.92. The predicted octanol–water partition coefficient (Wildman–Crippen LogP) is 4.30. The van der Waals surface area contributed by atoms with Gasteiger partial charge in [0.05, 0.1) is 16.6 Å². The highest BCUT2D eigenvalue weighted by Crippen LogP contribution is 2.26. The Morgan fingerprint density at radius 3 is 2.86 bits per heavy atom. The second-order valence-corrected chi connectivity index (χ2v) is 5.27. The van der Waals surface area contributed by atoms with Crippen LogP contribution in [0.1, 0.15) is 17.2 Å². The Kier molecular flexibility index (Phi) is 3.86. The van der Waals surface area contributed by atoms with E-state index in [2.05, 4.69) is 4.98 Å². The van der Waals surface area contributed by atoms with Gasteiger partial charge in [-0.15, -0.1) is 0 Å². The van der Waals surface area contributed by atoms with Crippen LogP contribution < -0.4 is 0 Å². The molecule has 0 spiro atoms. The van der Waals surface area contributed by atoms with Gasteiger partial charge in [-0.1, -0.05) is 35.9 Å². The Balaban J connectivity index is 1.89. The molecule has 106 valence electrons. The van der Waals surface area contributed by atoms with E-state index in [0.717, 1.165) is 16.5 Å². The van der Waals surface area contributed by atoms with Gasteiger partial charge in [-0.2, -0.15) is 0 Å². The molecule has 1 unspecified atom stereocenters. The van der Waals surface area contributed by atoms with Crippen molar-refractivity contribution in [2.45, 2.75) is 12.5 Å². The highest BCUT2D eigenvalue weighted by molar-refractivity contribution is 6.31. The molecule has 0 amide bonds. The highest BCUT2D eigenvalue weighted by atomic mass is 35.5. The number of aliphatic hydroxyl groups is 1. The van der Waals surface area contributed by atoms with E-state index in [1.54, 1.807) is 18.3 Å². The third kappa shape index (κ3) is 2.89. The Labute approximate surface area is 126 Å². The zero-order valence-corrected chi connectivity index (χ0v) is 11.9. The number of aromatic nitrogens is 1. The Morgan fingerprint density at radius 1 is 1.14 bits per heavy atom. The molecule has 0 saturated carbocycles. The maximum absolute atomic E-state index is 13.4. The van der Waals surface area contributed by atoms with Crippen LogP contribution in [0.3, 0.4) is 0 Å². The number of fused-ring (bicyclic) bond motifs is 1. The molecule has 0 aliphatic carbocycles. The molecule has 1 N–H and O–H groups in total. The summed E-state index contributed by atoms with van der Waals surface area (Å²) in [6.07, 6.45) is 1.25. The molecule has 1 atom stereocenters. The van der Waals surface area contributed by atoms with Crippen LogP contribution >= 0.6 is 11.6 Å². The van der Waals surface area contributed by atoms with Crippen molar-refractivity contribution in [3.8, 4) is 0 Å². The summed E-state index contributed by atoms with van der Waals surface area (Å²) in [4.78, 5) is 4.24. The number of aliphatic hydroxyl groups excluding tert-OH is 1. The number of hydrogen-bond donors (Lipinski definition) is 1. The zero-order chi connectivity index (χ0) is 14.8. The van der Waals surface area contributed by atoms with Crippen LogP contribution in [0.25, 0.3) is 10.9 Å². The second-order valence-electron chi connectivity index (χ2n) is 4.89. The fourth-order valence-electron chi connectivity index (χ4n) is 2.33. The third-order valence-corrected chi connectivity index (χ3v) is 3.88. The van der Waals surface area contributed by atoms with Crippen molar-refractivity contribution >= 4 is 22.5 Å². The van der Waals surface area contributed by atoms with Gasteiger partial charge in [0.2, 0.25) is 0 Å². The molecule has 2 aromatic carbocycles. The molecule has 21 heavy (non-hydrogen) atoms. The molecule has 0 radical (unpaired) electrons. The van der Waals surface area contributed by atoms with Crippen LogP contribution in [-0.2, 0) is 6.42 Å². The molecule has 0 fully saturated rings. The van der Waals surface area contributed by atoms with Crippen LogP contribution in [0, 0.1) is 5.82 Å². The maximum atomic E-state index is 13.4. The normalized spacial score (nSPS) is 12.5. The molecule has 0 bridgehead atoms. The van der Waals surface area contributed by atoms with Crippen molar-refractivity contribution in [2.24, 2.45) is 0 Å². The quantitative estimate of drug-likeness (QED) is 0.782. The number of rotatable bonds is 3. The lowest BCUT2D eigenvalue weighted by molar-refractivity contribution is 0.178. The summed E-state index contributed by atoms with van der Waals surface area (Å²) < 4.78 is 13.4. The van der Waals surface area contributed by atoms with E-state index < -0.39 is 11.9 Å². The smallest absolute Gasteiger partial charge is 0.142 e. The molecule has 0 aliphatic heterocycles. The summed E-state index contributed by atoms with van der Waals surface area (Å²) in [5.74, 6) is -0.468. The van der Waals surface area contributed by atoms with Crippen LogP contribution in [0.2, 0.25) is 5.02 Å². The number of hydrogen-bond acceptors (Lipinski definition) is 2. The van der Waals surface area contributed by atoms with Crippen molar-refractivity contribution in [1.29, 1.82) is 0 Å². The summed E-state index contributed by atoms with van der Waals surface area (Å²) in [7, 11) is 0. The van der Waals surface area contributed by atoms with Gasteiger partial charge in [0.1, 0.15) is 5.82 Å². The molecule has 4 heteroatoms. The number of pyridine rings is 1. The van der Waals surface area contributed by atoms with Crippen LogP contribution in [0.5, 0.6) is 0 Å². The van der Waals surface area contributed by atoms with Gasteiger partial charge in [0, 0.05) is 18.0 Å². The van der Waals surface area contributed by atoms with E-state index in [9.17, 15) is 9.50 Å². The zero-order valence-electron chi connectivity index (χ0n) is 11.1. The number of halogens is 2. The SMILES string of the molecule is OC(Cc1cccc(F)c1Cl)c1ccc2ncccc2c1. The first-order valence-corrected chi connectivity index (χ1v) is 6.98. The van der Waals surface area contributed by atoms with E-state index in [0.29, 0.717) is 5.56 Å². The molecule has 0 aliphatic rings.